The maximum atomic E-state index is 5.48. The van der Waals surface area contributed by atoms with Gasteiger partial charge in [0.15, 0.2) is 5.65 Å². The fourth-order valence-electron chi connectivity index (χ4n) is 3.28. The highest BCUT2D eigenvalue weighted by atomic mass is 16.5. The van der Waals surface area contributed by atoms with Crippen LogP contribution in [0.3, 0.4) is 0 Å². The van der Waals surface area contributed by atoms with Crippen molar-refractivity contribution in [2.75, 3.05) is 31.2 Å². The first-order chi connectivity index (χ1) is 13.4. The zero-order chi connectivity index (χ0) is 18.1. The maximum absolute atomic E-state index is 5.48. The van der Waals surface area contributed by atoms with E-state index in [4.69, 9.17) is 14.7 Å². The molecular formula is C20H18N6O. The Labute approximate surface area is 156 Å². The monoisotopic (exact) mass is 358 g/mol. The molecule has 0 aliphatic carbocycles. The Balaban J connectivity index is 1.74. The van der Waals surface area contributed by atoms with Gasteiger partial charge in [0.1, 0.15) is 17.5 Å². The van der Waals surface area contributed by atoms with Crippen molar-refractivity contribution < 1.29 is 4.74 Å². The van der Waals surface area contributed by atoms with Crippen LogP contribution in [0.5, 0.6) is 0 Å². The van der Waals surface area contributed by atoms with E-state index >= 15 is 0 Å². The molecule has 1 saturated heterocycles. The van der Waals surface area contributed by atoms with E-state index in [1.165, 1.54) is 0 Å². The maximum Gasteiger partial charge on any atom is 0.228 e. The predicted octanol–water partition coefficient (Wildman–Crippen LogP) is 2.71. The van der Waals surface area contributed by atoms with Gasteiger partial charge in [-0.15, -0.1) is 0 Å². The molecule has 7 heteroatoms. The summed E-state index contributed by atoms with van der Waals surface area (Å²) in [6.07, 6.45) is 5.35. The number of aromatic nitrogens is 5. The lowest BCUT2D eigenvalue weighted by atomic mass is 10.2. The largest absolute Gasteiger partial charge is 0.378 e. The van der Waals surface area contributed by atoms with Gasteiger partial charge in [-0.1, -0.05) is 18.2 Å². The van der Waals surface area contributed by atoms with E-state index in [2.05, 4.69) is 14.9 Å². The van der Waals surface area contributed by atoms with Crippen LogP contribution in [0.4, 0.5) is 5.95 Å². The minimum atomic E-state index is 0.684. The highest BCUT2D eigenvalue weighted by molar-refractivity contribution is 5.89. The number of pyridine rings is 1. The lowest BCUT2D eigenvalue weighted by Crippen LogP contribution is -2.37. The topological polar surface area (TPSA) is 69.0 Å². The van der Waals surface area contributed by atoms with Crippen LogP contribution in [-0.4, -0.2) is 50.8 Å². The lowest BCUT2D eigenvalue weighted by Gasteiger charge is -2.27. The molecule has 3 aromatic heterocycles. The van der Waals surface area contributed by atoms with Gasteiger partial charge >= 0.3 is 0 Å². The number of fused-ring (bicyclic) bond motifs is 1. The van der Waals surface area contributed by atoms with Crippen molar-refractivity contribution in [1.29, 1.82) is 0 Å². The van der Waals surface area contributed by atoms with Crippen LogP contribution in [0, 0.1) is 0 Å². The summed E-state index contributed by atoms with van der Waals surface area (Å²) in [5, 5.41) is 0. The summed E-state index contributed by atoms with van der Waals surface area (Å²) in [5.41, 5.74) is 4.39. The minimum Gasteiger partial charge on any atom is -0.378 e. The van der Waals surface area contributed by atoms with Gasteiger partial charge in [0.25, 0.3) is 0 Å². The van der Waals surface area contributed by atoms with Crippen LogP contribution >= 0.6 is 0 Å². The molecule has 5 rings (SSSR count). The lowest BCUT2D eigenvalue weighted by molar-refractivity contribution is 0.122. The van der Waals surface area contributed by atoms with Crippen LogP contribution in [0.25, 0.3) is 28.1 Å². The molecule has 0 spiro atoms. The van der Waals surface area contributed by atoms with E-state index in [0.29, 0.717) is 19.2 Å². The summed E-state index contributed by atoms with van der Waals surface area (Å²) in [7, 11) is 0. The number of hydrogen-bond acceptors (Lipinski definition) is 6. The van der Waals surface area contributed by atoms with Crippen molar-refractivity contribution >= 4 is 17.1 Å². The predicted molar refractivity (Wildman–Crippen MR) is 103 cm³/mol. The van der Waals surface area contributed by atoms with Crippen molar-refractivity contribution in [1.82, 2.24) is 24.5 Å². The smallest absolute Gasteiger partial charge is 0.228 e. The number of morpholine rings is 1. The van der Waals surface area contributed by atoms with Gasteiger partial charge in [-0.2, -0.15) is 4.98 Å². The molecule has 0 radical (unpaired) electrons. The Morgan fingerprint density at radius 2 is 1.67 bits per heavy atom. The molecule has 1 aliphatic rings. The summed E-state index contributed by atoms with van der Waals surface area (Å²) < 4.78 is 7.48. The van der Waals surface area contributed by atoms with Gasteiger partial charge in [0, 0.05) is 36.7 Å². The third-order valence-electron chi connectivity index (χ3n) is 4.67. The fourth-order valence-corrected chi connectivity index (χ4v) is 3.28. The number of rotatable bonds is 3. The van der Waals surface area contributed by atoms with Crippen LogP contribution in [0.2, 0.25) is 0 Å². The van der Waals surface area contributed by atoms with Gasteiger partial charge < -0.3 is 9.64 Å². The summed E-state index contributed by atoms with van der Waals surface area (Å²) in [6.45, 7) is 2.93. The molecule has 27 heavy (non-hydrogen) atoms. The second-order valence-corrected chi connectivity index (χ2v) is 6.33. The van der Waals surface area contributed by atoms with E-state index in [1.807, 2.05) is 53.4 Å². The highest BCUT2D eigenvalue weighted by Gasteiger charge is 2.20. The Kier molecular flexibility index (Phi) is 3.99. The number of para-hydroxylation sites is 1. The Bertz CT molecular complexity index is 1060. The van der Waals surface area contributed by atoms with Crippen LogP contribution < -0.4 is 4.90 Å². The third kappa shape index (κ3) is 2.92. The molecule has 1 aliphatic heterocycles. The zero-order valence-electron chi connectivity index (χ0n) is 14.7. The number of benzene rings is 1. The van der Waals surface area contributed by atoms with Gasteiger partial charge in [-0.3, -0.25) is 9.55 Å². The van der Waals surface area contributed by atoms with E-state index < -0.39 is 0 Å². The molecular weight excluding hydrogens is 340 g/mol. The molecule has 1 fully saturated rings. The Morgan fingerprint density at radius 1 is 0.889 bits per heavy atom. The second-order valence-electron chi connectivity index (χ2n) is 6.33. The van der Waals surface area contributed by atoms with Crippen LogP contribution in [-0.2, 0) is 4.74 Å². The quantitative estimate of drug-likeness (QED) is 0.561. The average molecular weight is 358 g/mol. The van der Waals surface area contributed by atoms with E-state index in [9.17, 15) is 0 Å². The SMILES string of the molecule is c1ccc(-n2cnc3c(-c4ccncc4)nc(N4CCOCC4)nc32)cc1. The van der Waals surface area contributed by atoms with Crippen molar-refractivity contribution in [3.63, 3.8) is 0 Å². The highest BCUT2D eigenvalue weighted by Crippen LogP contribution is 2.28. The molecule has 0 unspecified atom stereocenters. The molecule has 0 amide bonds. The van der Waals surface area contributed by atoms with E-state index in [0.717, 1.165) is 41.2 Å². The second kappa shape index (κ2) is 6.77. The van der Waals surface area contributed by atoms with Crippen LogP contribution in [0.15, 0.2) is 61.2 Å². The van der Waals surface area contributed by atoms with Crippen molar-refractivity contribution in [2.24, 2.45) is 0 Å². The number of hydrogen-bond donors (Lipinski definition) is 0. The number of anilines is 1. The average Bonchev–Trinajstić information content (AvgIpc) is 3.19. The molecule has 4 heterocycles. The fraction of sp³-hybridized carbons (Fsp3) is 0.200. The normalized spacial score (nSPS) is 14.6. The summed E-state index contributed by atoms with van der Waals surface area (Å²) in [5.74, 6) is 0.704. The summed E-state index contributed by atoms with van der Waals surface area (Å²) in [4.78, 5) is 20.6. The standard InChI is InChI=1S/C20H18N6O/c1-2-4-16(5-3-1)26-14-22-18-17(15-6-8-21-9-7-15)23-20(24-19(18)26)25-10-12-27-13-11-25/h1-9,14H,10-13H2. The van der Waals surface area contributed by atoms with Gasteiger partial charge in [0.05, 0.1) is 13.2 Å². The molecule has 0 N–H and O–H groups in total. The third-order valence-corrected chi connectivity index (χ3v) is 4.67. The summed E-state index contributed by atoms with van der Waals surface area (Å²) in [6, 6.07) is 14.0. The minimum absolute atomic E-state index is 0.684. The van der Waals surface area contributed by atoms with Crippen molar-refractivity contribution in [3.05, 3.63) is 61.2 Å². The van der Waals surface area contributed by atoms with Crippen molar-refractivity contribution in [2.45, 2.75) is 0 Å². The van der Waals surface area contributed by atoms with E-state index in [-0.39, 0.29) is 0 Å². The molecule has 0 saturated carbocycles. The molecule has 0 atom stereocenters. The number of imidazole rings is 1. The van der Waals surface area contributed by atoms with E-state index in [1.54, 1.807) is 12.4 Å². The van der Waals surface area contributed by atoms with Gasteiger partial charge in [-0.05, 0) is 24.3 Å². The first kappa shape index (κ1) is 15.9. The number of ether oxygens (including phenoxy) is 1. The molecule has 4 aromatic rings. The van der Waals surface area contributed by atoms with Crippen molar-refractivity contribution in [3.8, 4) is 16.9 Å². The number of nitrogens with zero attached hydrogens (tertiary/aromatic N) is 6. The summed E-state index contributed by atoms with van der Waals surface area (Å²) >= 11 is 0. The first-order valence-corrected chi connectivity index (χ1v) is 8.94. The Morgan fingerprint density at radius 3 is 2.44 bits per heavy atom. The molecule has 1 aromatic carbocycles. The molecule has 7 nitrogen and oxygen atoms in total. The first-order valence-electron chi connectivity index (χ1n) is 8.94. The Hall–Kier alpha value is -3.32. The van der Waals surface area contributed by atoms with Gasteiger partial charge in [0.2, 0.25) is 5.95 Å². The molecule has 134 valence electrons. The van der Waals surface area contributed by atoms with Crippen LogP contribution in [0.1, 0.15) is 0 Å². The molecule has 0 bridgehead atoms. The zero-order valence-corrected chi connectivity index (χ0v) is 14.7. The van der Waals surface area contributed by atoms with Gasteiger partial charge in [-0.25, -0.2) is 9.97 Å².